The first-order valence-corrected chi connectivity index (χ1v) is 7.30. The largest absolute Gasteiger partial charge is 0.398 e. The van der Waals surface area contributed by atoms with Crippen LogP contribution in [-0.4, -0.2) is 20.2 Å². The summed E-state index contributed by atoms with van der Waals surface area (Å²) in [6.45, 7) is 4.33. The molecule has 1 saturated carbocycles. The topological polar surface area (TPSA) is 69.6 Å². The van der Waals surface area contributed by atoms with Crippen molar-refractivity contribution in [1.29, 1.82) is 0 Å². The zero-order chi connectivity index (χ0) is 14.1. The maximum Gasteiger partial charge on any atom is 0.182 e. The van der Waals surface area contributed by atoms with Gasteiger partial charge in [0.05, 0.1) is 6.04 Å². The summed E-state index contributed by atoms with van der Waals surface area (Å²) in [7, 11) is 0. The van der Waals surface area contributed by atoms with E-state index < -0.39 is 0 Å². The molecule has 1 heterocycles. The van der Waals surface area contributed by atoms with Crippen molar-refractivity contribution in [3.63, 3.8) is 0 Å². The third kappa shape index (κ3) is 2.28. The number of aromatic nitrogens is 4. The van der Waals surface area contributed by atoms with Crippen LogP contribution in [0.1, 0.15) is 44.2 Å². The molecule has 2 unspecified atom stereocenters. The van der Waals surface area contributed by atoms with Gasteiger partial charge in [-0.25, -0.2) is 4.68 Å². The fraction of sp³-hybridized carbons (Fsp3) is 0.533. The number of nitrogens with zero attached hydrogens (tertiary/aromatic N) is 4. The number of tetrazole rings is 1. The second kappa shape index (κ2) is 5.23. The Kier molecular flexibility index (Phi) is 3.42. The third-order valence-corrected chi connectivity index (χ3v) is 4.36. The number of benzene rings is 1. The van der Waals surface area contributed by atoms with E-state index in [0.29, 0.717) is 6.04 Å². The van der Waals surface area contributed by atoms with Crippen molar-refractivity contribution in [3.05, 3.63) is 23.8 Å². The summed E-state index contributed by atoms with van der Waals surface area (Å²) in [5.74, 6) is 1.58. The first-order chi connectivity index (χ1) is 9.66. The molecule has 3 rings (SSSR count). The summed E-state index contributed by atoms with van der Waals surface area (Å²) < 4.78 is 2.00. The maximum absolute atomic E-state index is 6.00. The summed E-state index contributed by atoms with van der Waals surface area (Å²) in [5.41, 5.74) is 8.87. The van der Waals surface area contributed by atoms with Crippen molar-refractivity contribution in [2.75, 3.05) is 5.73 Å². The summed E-state index contributed by atoms with van der Waals surface area (Å²) in [6, 6.07) is 6.32. The van der Waals surface area contributed by atoms with E-state index in [1.807, 2.05) is 29.8 Å². The minimum atomic E-state index is 0.407. The van der Waals surface area contributed by atoms with Gasteiger partial charge in [0.25, 0.3) is 0 Å². The minimum Gasteiger partial charge on any atom is -0.398 e. The van der Waals surface area contributed by atoms with Gasteiger partial charge in [-0.15, -0.1) is 5.10 Å². The molecule has 1 aliphatic rings. The standard InChI is InChI=1S/C15H21N5/c1-10-5-3-6-12(9-10)20-15(17-18-19-20)13-7-4-8-14(16)11(13)2/h4,7-8,10,12H,3,5-6,9,16H2,1-2H3. The molecule has 0 bridgehead atoms. The Morgan fingerprint density at radius 1 is 1.30 bits per heavy atom. The van der Waals surface area contributed by atoms with Crippen LogP contribution in [0.5, 0.6) is 0 Å². The van der Waals surface area contributed by atoms with Crippen molar-refractivity contribution in [2.24, 2.45) is 5.92 Å². The van der Waals surface area contributed by atoms with Gasteiger partial charge in [-0.05, 0) is 47.7 Å². The minimum absolute atomic E-state index is 0.407. The summed E-state index contributed by atoms with van der Waals surface area (Å²) in [6.07, 6.45) is 4.87. The van der Waals surface area contributed by atoms with Gasteiger partial charge in [-0.1, -0.05) is 31.9 Å². The molecule has 0 saturated heterocycles. The van der Waals surface area contributed by atoms with E-state index in [-0.39, 0.29) is 0 Å². The van der Waals surface area contributed by atoms with Crippen LogP contribution < -0.4 is 5.73 Å². The van der Waals surface area contributed by atoms with Crippen molar-refractivity contribution >= 4 is 5.69 Å². The fourth-order valence-electron chi connectivity index (χ4n) is 3.14. The Labute approximate surface area is 119 Å². The molecular formula is C15H21N5. The predicted octanol–water partition coefficient (Wildman–Crippen LogP) is 2.98. The molecule has 1 aromatic carbocycles. The fourth-order valence-corrected chi connectivity index (χ4v) is 3.14. The zero-order valence-corrected chi connectivity index (χ0v) is 12.1. The quantitative estimate of drug-likeness (QED) is 0.852. The van der Waals surface area contributed by atoms with Crippen LogP contribution in [0, 0.1) is 12.8 Å². The van der Waals surface area contributed by atoms with Gasteiger partial charge in [-0.3, -0.25) is 0 Å². The van der Waals surface area contributed by atoms with Gasteiger partial charge in [0.1, 0.15) is 0 Å². The van der Waals surface area contributed by atoms with Crippen molar-refractivity contribution < 1.29 is 0 Å². The van der Waals surface area contributed by atoms with E-state index in [0.717, 1.165) is 41.4 Å². The van der Waals surface area contributed by atoms with Gasteiger partial charge in [0.2, 0.25) is 0 Å². The van der Waals surface area contributed by atoms with Crippen LogP contribution in [0.25, 0.3) is 11.4 Å². The second-order valence-electron chi connectivity index (χ2n) is 5.89. The summed E-state index contributed by atoms with van der Waals surface area (Å²) in [4.78, 5) is 0. The van der Waals surface area contributed by atoms with E-state index in [1.54, 1.807) is 0 Å². The average Bonchev–Trinajstić information content (AvgIpc) is 2.91. The Morgan fingerprint density at radius 3 is 2.95 bits per heavy atom. The Morgan fingerprint density at radius 2 is 2.15 bits per heavy atom. The van der Waals surface area contributed by atoms with Crippen LogP contribution in [0.15, 0.2) is 18.2 Å². The molecule has 5 heteroatoms. The lowest BCUT2D eigenvalue weighted by atomic mass is 9.87. The molecule has 1 fully saturated rings. The SMILES string of the molecule is Cc1c(N)cccc1-c1nnnn1C1CCCC(C)C1. The predicted molar refractivity (Wildman–Crippen MR) is 79.1 cm³/mol. The molecule has 1 aliphatic carbocycles. The Hall–Kier alpha value is -1.91. The van der Waals surface area contributed by atoms with Crippen LogP contribution in [0.3, 0.4) is 0 Å². The summed E-state index contributed by atoms with van der Waals surface area (Å²) >= 11 is 0. The molecule has 2 aromatic rings. The molecule has 0 spiro atoms. The number of rotatable bonds is 2. The molecule has 2 atom stereocenters. The monoisotopic (exact) mass is 271 g/mol. The van der Waals surface area contributed by atoms with Crippen molar-refractivity contribution in [1.82, 2.24) is 20.2 Å². The van der Waals surface area contributed by atoms with Gasteiger partial charge in [0.15, 0.2) is 5.82 Å². The van der Waals surface area contributed by atoms with Gasteiger partial charge in [-0.2, -0.15) is 0 Å². The van der Waals surface area contributed by atoms with Gasteiger partial charge in [0, 0.05) is 11.3 Å². The van der Waals surface area contributed by atoms with Crippen molar-refractivity contribution in [2.45, 2.75) is 45.6 Å². The van der Waals surface area contributed by atoms with Crippen molar-refractivity contribution in [3.8, 4) is 11.4 Å². The highest BCUT2D eigenvalue weighted by Gasteiger charge is 2.24. The highest BCUT2D eigenvalue weighted by atomic mass is 15.5. The highest BCUT2D eigenvalue weighted by Crippen LogP contribution is 2.34. The molecule has 2 N–H and O–H groups in total. The van der Waals surface area contributed by atoms with Crippen LogP contribution in [0.2, 0.25) is 0 Å². The van der Waals surface area contributed by atoms with Crippen LogP contribution in [0.4, 0.5) is 5.69 Å². The molecular weight excluding hydrogens is 250 g/mol. The third-order valence-electron chi connectivity index (χ3n) is 4.36. The number of nitrogen functional groups attached to an aromatic ring is 1. The van der Waals surface area contributed by atoms with E-state index >= 15 is 0 Å². The molecule has 20 heavy (non-hydrogen) atoms. The second-order valence-corrected chi connectivity index (χ2v) is 5.89. The lowest BCUT2D eigenvalue weighted by molar-refractivity contribution is 0.265. The Bertz CT molecular complexity index is 604. The average molecular weight is 271 g/mol. The van der Waals surface area contributed by atoms with Gasteiger partial charge < -0.3 is 5.73 Å². The van der Waals surface area contributed by atoms with Crippen LogP contribution >= 0.6 is 0 Å². The van der Waals surface area contributed by atoms with E-state index in [4.69, 9.17) is 5.73 Å². The van der Waals surface area contributed by atoms with E-state index in [9.17, 15) is 0 Å². The highest BCUT2D eigenvalue weighted by molar-refractivity contribution is 5.67. The first-order valence-electron chi connectivity index (χ1n) is 7.30. The summed E-state index contributed by atoms with van der Waals surface area (Å²) in [5, 5.41) is 12.4. The van der Waals surface area contributed by atoms with E-state index in [2.05, 4.69) is 22.4 Å². The van der Waals surface area contributed by atoms with Crippen LogP contribution in [-0.2, 0) is 0 Å². The smallest absolute Gasteiger partial charge is 0.182 e. The molecule has 106 valence electrons. The molecule has 5 nitrogen and oxygen atoms in total. The lowest BCUT2D eigenvalue weighted by Gasteiger charge is -2.27. The molecule has 0 amide bonds. The molecule has 0 radical (unpaired) electrons. The van der Waals surface area contributed by atoms with E-state index in [1.165, 1.54) is 12.8 Å². The number of hydrogen-bond acceptors (Lipinski definition) is 4. The number of anilines is 1. The first kappa shape index (κ1) is 13.1. The number of hydrogen-bond donors (Lipinski definition) is 1. The normalized spacial score (nSPS) is 22.9. The molecule has 1 aromatic heterocycles. The zero-order valence-electron chi connectivity index (χ0n) is 12.1. The Balaban J connectivity index is 1.99. The van der Waals surface area contributed by atoms with Gasteiger partial charge >= 0.3 is 0 Å². The number of nitrogens with two attached hydrogens (primary N) is 1. The molecule has 0 aliphatic heterocycles. The lowest BCUT2D eigenvalue weighted by Crippen LogP contribution is -2.19. The maximum atomic E-state index is 6.00.